The Bertz CT molecular complexity index is 210. The van der Waals surface area contributed by atoms with Crippen LogP contribution in [0, 0.1) is 5.92 Å². The number of nitrogens with one attached hydrogen (secondary N) is 1. The first-order valence-corrected chi connectivity index (χ1v) is 6.44. The lowest BCUT2D eigenvalue weighted by atomic mass is 9.86. The Kier molecular flexibility index (Phi) is 4.91. The van der Waals surface area contributed by atoms with Gasteiger partial charge in [-0.15, -0.1) is 11.6 Å². The van der Waals surface area contributed by atoms with Crippen LogP contribution in [0.2, 0.25) is 0 Å². The zero-order valence-corrected chi connectivity index (χ0v) is 10.6. The van der Waals surface area contributed by atoms with Gasteiger partial charge in [-0.3, -0.25) is 4.79 Å². The van der Waals surface area contributed by atoms with E-state index in [-0.39, 0.29) is 11.4 Å². The van der Waals surface area contributed by atoms with Crippen molar-refractivity contribution in [3.8, 4) is 0 Å². The van der Waals surface area contributed by atoms with Crippen LogP contribution in [-0.2, 0) is 4.79 Å². The number of carbonyl (C=O) groups is 1. The van der Waals surface area contributed by atoms with E-state index in [2.05, 4.69) is 5.32 Å². The number of amides is 1. The molecule has 0 heterocycles. The molecule has 0 bridgehead atoms. The van der Waals surface area contributed by atoms with Crippen LogP contribution in [0.3, 0.4) is 0 Å². The molecule has 15 heavy (non-hydrogen) atoms. The summed E-state index contributed by atoms with van der Waals surface area (Å²) in [6, 6.07) is 0. The third-order valence-electron chi connectivity index (χ3n) is 3.01. The number of carbonyl (C=O) groups excluding carboxylic acids is 1. The summed E-state index contributed by atoms with van der Waals surface area (Å²) in [5, 5.41) is 2.98. The van der Waals surface area contributed by atoms with Crippen LogP contribution in [0.1, 0.15) is 52.4 Å². The molecule has 1 aliphatic carbocycles. The van der Waals surface area contributed by atoms with E-state index in [0.29, 0.717) is 18.2 Å². The van der Waals surface area contributed by atoms with Crippen molar-refractivity contribution in [1.82, 2.24) is 5.32 Å². The lowest BCUT2D eigenvalue weighted by molar-refractivity contribution is -0.123. The van der Waals surface area contributed by atoms with Gasteiger partial charge in [0, 0.05) is 17.8 Å². The third-order valence-corrected chi connectivity index (χ3v) is 3.68. The molecule has 0 radical (unpaired) electrons. The SMILES string of the molecule is CC(C)(CCl)NC(=O)CC1CCCCC1. The smallest absolute Gasteiger partial charge is 0.220 e. The number of halogens is 1. The van der Waals surface area contributed by atoms with E-state index >= 15 is 0 Å². The van der Waals surface area contributed by atoms with Gasteiger partial charge in [-0.2, -0.15) is 0 Å². The van der Waals surface area contributed by atoms with Crippen molar-refractivity contribution in [3.05, 3.63) is 0 Å². The molecule has 2 nitrogen and oxygen atoms in total. The molecule has 1 fully saturated rings. The molecule has 0 aromatic carbocycles. The van der Waals surface area contributed by atoms with E-state index in [1.165, 1.54) is 32.1 Å². The maximum Gasteiger partial charge on any atom is 0.220 e. The van der Waals surface area contributed by atoms with Crippen LogP contribution in [-0.4, -0.2) is 17.3 Å². The summed E-state index contributed by atoms with van der Waals surface area (Å²) in [4.78, 5) is 11.7. The normalized spacial score (nSPS) is 18.9. The van der Waals surface area contributed by atoms with Crippen LogP contribution in [0.15, 0.2) is 0 Å². The maximum atomic E-state index is 11.7. The second-order valence-corrected chi connectivity index (χ2v) is 5.54. The van der Waals surface area contributed by atoms with Gasteiger partial charge in [-0.1, -0.05) is 19.3 Å². The number of rotatable bonds is 4. The summed E-state index contributed by atoms with van der Waals surface area (Å²) in [6.45, 7) is 3.91. The van der Waals surface area contributed by atoms with E-state index in [0.717, 1.165) is 0 Å². The molecule has 0 aromatic rings. The van der Waals surface area contributed by atoms with Crippen molar-refractivity contribution in [3.63, 3.8) is 0 Å². The highest BCUT2D eigenvalue weighted by Gasteiger charge is 2.22. The first kappa shape index (κ1) is 12.8. The highest BCUT2D eigenvalue weighted by Crippen LogP contribution is 2.26. The van der Waals surface area contributed by atoms with E-state index < -0.39 is 0 Å². The Morgan fingerprint density at radius 3 is 2.47 bits per heavy atom. The highest BCUT2D eigenvalue weighted by atomic mass is 35.5. The molecule has 0 aliphatic heterocycles. The molecule has 1 N–H and O–H groups in total. The van der Waals surface area contributed by atoms with E-state index in [1.54, 1.807) is 0 Å². The summed E-state index contributed by atoms with van der Waals surface area (Å²) >= 11 is 5.77. The van der Waals surface area contributed by atoms with E-state index in [1.807, 2.05) is 13.8 Å². The predicted molar refractivity (Wildman–Crippen MR) is 64.1 cm³/mol. The van der Waals surface area contributed by atoms with Crippen LogP contribution in [0.25, 0.3) is 0 Å². The molecular weight excluding hydrogens is 210 g/mol. The molecule has 1 rings (SSSR count). The second-order valence-electron chi connectivity index (χ2n) is 5.27. The molecule has 1 aliphatic rings. The van der Waals surface area contributed by atoms with Crippen LogP contribution in [0.5, 0.6) is 0 Å². The van der Waals surface area contributed by atoms with Gasteiger partial charge in [-0.05, 0) is 32.6 Å². The van der Waals surface area contributed by atoms with E-state index in [9.17, 15) is 4.79 Å². The number of alkyl halides is 1. The highest BCUT2D eigenvalue weighted by molar-refractivity contribution is 6.18. The molecule has 0 unspecified atom stereocenters. The van der Waals surface area contributed by atoms with Gasteiger partial charge >= 0.3 is 0 Å². The summed E-state index contributed by atoms with van der Waals surface area (Å²) in [5.41, 5.74) is -0.271. The monoisotopic (exact) mass is 231 g/mol. The van der Waals surface area contributed by atoms with Gasteiger partial charge in [0.1, 0.15) is 0 Å². The van der Waals surface area contributed by atoms with Crippen LogP contribution >= 0.6 is 11.6 Å². The predicted octanol–water partition coefficient (Wildman–Crippen LogP) is 3.09. The molecule has 0 spiro atoms. The number of hydrogen-bond donors (Lipinski definition) is 1. The van der Waals surface area contributed by atoms with Gasteiger partial charge in [-0.25, -0.2) is 0 Å². The summed E-state index contributed by atoms with van der Waals surface area (Å²) in [5.74, 6) is 1.22. The van der Waals surface area contributed by atoms with Crippen LogP contribution < -0.4 is 5.32 Å². The quantitative estimate of drug-likeness (QED) is 0.741. The Hall–Kier alpha value is -0.240. The van der Waals surface area contributed by atoms with Gasteiger partial charge < -0.3 is 5.32 Å². The minimum Gasteiger partial charge on any atom is -0.350 e. The zero-order valence-electron chi connectivity index (χ0n) is 9.81. The van der Waals surface area contributed by atoms with Crippen molar-refractivity contribution in [2.24, 2.45) is 5.92 Å². The number of hydrogen-bond acceptors (Lipinski definition) is 1. The minimum atomic E-state index is -0.271. The zero-order chi connectivity index (χ0) is 11.3. The molecule has 3 heteroatoms. The Balaban J connectivity index is 2.28. The first-order chi connectivity index (χ1) is 7.03. The van der Waals surface area contributed by atoms with Gasteiger partial charge in [0.2, 0.25) is 5.91 Å². The largest absolute Gasteiger partial charge is 0.350 e. The fourth-order valence-corrected chi connectivity index (χ4v) is 2.18. The summed E-state index contributed by atoms with van der Waals surface area (Å²) in [7, 11) is 0. The fourth-order valence-electron chi connectivity index (χ4n) is 2.12. The average molecular weight is 232 g/mol. The molecule has 88 valence electrons. The minimum absolute atomic E-state index is 0.160. The second kappa shape index (κ2) is 5.74. The summed E-state index contributed by atoms with van der Waals surface area (Å²) in [6.07, 6.45) is 7.03. The third kappa shape index (κ3) is 4.87. The van der Waals surface area contributed by atoms with Crippen molar-refractivity contribution < 1.29 is 4.79 Å². The Labute approximate surface area is 97.8 Å². The van der Waals surface area contributed by atoms with Gasteiger partial charge in [0.05, 0.1) is 0 Å². The Morgan fingerprint density at radius 2 is 1.93 bits per heavy atom. The fraction of sp³-hybridized carbons (Fsp3) is 0.917. The van der Waals surface area contributed by atoms with Crippen LogP contribution in [0.4, 0.5) is 0 Å². The molecule has 0 aromatic heterocycles. The molecule has 1 saturated carbocycles. The molecule has 0 saturated heterocycles. The van der Waals surface area contributed by atoms with Crippen molar-refractivity contribution in [1.29, 1.82) is 0 Å². The Morgan fingerprint density at radius 1 is 1.33 bits per heavy atom. The standard InChI is InChI=1S/C12H22ClNO/c1-12(2,9-13)14-11(15)8-10-6-4-3-5-7-10/h10H,3-9H2,1-2H3,(H,14,15). The van der Waals surface area contributed by atoms with Crippen molar-refractivity contribution in [2.45, 2.75) is 57.9 Å². The first-order valence-electron chi connectivity index (χ1n) is 5.90. The van der Waals surface area contributed by atoms with Gasteiger partial charge in [0.25, 0.3) is 0 Å². The summed E-state index contributed by atoms with van der Waals surface area (Å²) < 4.78 is 0. The topological polar surface area (TPSA) is 29.1 Å². The van der Waals surface area contributed by atoms with Crippen molar-refractivity contribution in [2.75, 3.05) is 5.88 Å². The average Bonchev–Trinajstić information content (AvgIpc) is 2.18. The molecular formula is C12H22ClNO. The lowest BCUT2D eigenvalue weighted by Crippen LogP contribution is -2.45. The molecule has 0 atom stereocenters. The maximum absolute atomic E-state index is 11.7. The van der Waals surface area contributed by atoms with E-state index in [4.69, 9.17) is 11.6 Å². The molecule has 1 amide bonds. The lowest BCUT2D eigenvalue weighted by Gasteiger charge is -2.26. The van der Waals surface area contributed by atoms with Crippen molar-refractivity contribution >= 4 is 17.5 Å². The van der Waals surface area contributed by atoms with Gasteiger partial charge in [0.15, 0.2) is 0 Å².